The van der Waals surface area contributed by atoms with Gasteiger partial charge in [-0.05, 0) is 12.0 Å². The van der Waals surface area contributed by atoms with E-state index in [1.165, 1.54) is 5.56 Å². The van der Waals surface area contributed by atoms with Gasteiger partial charge in [0.1, 0.15) is 0 Å². The predicted molar refractivity (Wildman–Crippen MR) is 79.6 cm³/mol. The van der Waals surface area contributed by atoms with E-state index in [0.717, 1.165) is 32.6 Å². The molecule has 110 valence electrons. The van der Waals surface area contributed by atoms with Gasteiger partial charge in [0.15, 0.2) is 0 Å². The molecule has 1 fully saturated rings. The molecule has 0 radical (unpaired) electrons. The first-order chi connectivity index (χ1) is 9.69. The fraction of sp³-hybridized carbons (Fsp3) is 0.562. The van der Waals surface area contributed by atoms with E-state index in [2.05, 4.69) is 41.0 Å². The van der Waals surface area contributed by atoms with Gasteiger partial charge in [0.2, 0.25) is 0 Å². The zero-order valence-corrected chi connectivity index (χ0v) is 12.2. The third-order valence-electron chi connectivity index (χ3n) is 4.03. The number of benzene rings is 1. The molecule has 1 aliphatic rings. The lowest BCUT2D eigenvalue weighted by molar-refractivity contribution is -0.137. The SMILES string of the molecule is CCC1CN(CCC(=O)O)CCN1Cc1ccccc1. The van der Waals surface area contributed by atoms with Gasteiger partial charge in [-0.3, -0.25) is 14.6 Å². The van der Waals surface area contributed by atoms with Crippen LogP contribution in [0.1, 0.15) is 25.3 Å². The number of carboxylic acid groups (broad SMARTS) is 1. The summed E-state index contributed by atoms with van der Waals surface area (Å²) in [6.07, 6.45) is 1.35. The minimum atomic E-state index is -0.704. The summed E-state index contributed by atoms with van der Waals surface area (Å²) in [5, 5.41) is 8.78. The van der Waals surface area contributed by atoms with Crippen molar-refractivity contribution in [3.05, 3.63) is 35.9 Å². The third-order valence-corrected chi connectivity index (χ3v) is 4.03. The van der Waals surface area contributed by atoms with Crippen molar-refractivity contribution < 1.29 is 9.90 Å². The summed E-state index contributed by atoms with van der Waals surface area (Å²) in [6.45, 7) is 6.85. The molecular weight excluding hydrogens is 252 g/mol. The minimum Gasteiger partial charge on any atom is -0.481 e. The lowest BCUT2D eigenvalue weighted by Gasteiger charge is -2.41. The minimum absolute atomic E-state index is 0.245. The number of aliphatic carboxylic acids is 1. The van der Waals surface area contributed by atoms with Crippen LogP contribution in [0.15, 0.2) is 30.3 Å². The van der Waals surface area contributed by atoms with E-state index < -0.39 is 5.97 Å². The van der Waals surface area contributed by atoms with E-state index in [9.17, 15) is 4.79 Å². The second-order valence-electron chi connectivity index (χ2n) is 5.46. The van der Waals surface area contributed by atoms with Crippen LogP contribution in [0.25, 0.3) is 0 Å². The first-order valence-electron chi connectivity index (χ1n) is 7.41. The number of hydrogen-bond donors (Lipinski definition) is 1. The molecule has 0 saturated carbocycles. The number of rotatable bonds is 6. The van der Waals surface area contributed by atoms with Gasteiger partial charge in [-0.25, -0.2) is 0 Å². The predicted octanol–water partition coefficient (Wildman–Crippen LogP) is 2.06. The molecule has 1 atom stereocenters. The van der Waals surface area contributed by atoms with Crippen LogP contribution in [-0.2, 0) is 11.3 Å². The molecule has 1 N–H and O–H groups in total. The van der Waals surface area contributed by atoms with Crippen molar-refractivity contribution in [1.29, 1.82) is 0 Å². The summed E-state index contributed by atoms with van der Waals surface area (Å²) in [5.74, 6) is -0.704. The van der Waals surface area contributed by atoms with Crippen molar-refractivity contribution in [3.8, 4) is 0 Å². The first-order valence-corrected chi connectivity index (χ1v) is 7.41. The molecule has 1 heterocycles. The monoisotopic (exact) mass is 276 g/mol. The highest BCUT2D eigenvalue weighted by Crippen LogP contribution is 2.16. The molecule has 1 unspecified atom stereocenters. The number of carboxylic acids is 1. The molecule has 2 rings (SSSR count). The van der Waals surface area contributed by atoms with E-state index in [1.54, 1.807) is 0 Å². The molecule has 0 amide bonds. The average molecular weight is 276 g/mol. The van der Waals surface area contributed by atoms with Gasteiger partial charge < -0.3 is 5.11 Å². The molecule has 20 heavy (non-hydrogen) atoms. The first kappa shape index (κ1) is 15.0. The lowest BCUT2D eigenvalue weighted by Crippen LogP contribution is -2.52. The standard InChI is InChI=1S/C16H24N2O2/c1-2-15-13-17(9-8-16(19)20)10-11-18(15)12-14-6-4-3-5-7-14/h3-7,15H,2,8-13H2,1H3,(H,19,20). The fourth-order valence-corrected chi connectivity index (χ4v) is 2.83. The number of piperazine rings is 1. The molecule has 1 saturated heterocycles. The molecule has 4 heteroatoms. The molecule has 1 aromatic rings. The highest BCUT2D eigenvalue weighted by Gasteiger charge is 2.25. The van der Waals surface area contributed by atoms with Crippen molar-refractivity contribution in [2.24, 2.45) is 0 Å². The fourth-order valence-electron chi connectivity index (χ4n) is 2.83. The lowest BCUT2D eigenvalue weighted by atomic mass is 10.1. The zero-order chi connectivity index (χ0) is 14.4. The number of nitrogens with zero attached hydrogens (tertiary/aromatic N) is 2. The summed E-state index contributed by atoms with van der Waals surface area (Å²) >= 11 is 0. The second kappa shape index (κ2) is 7.41. The Labute approximate surface area is 121 Å². The Morgan fingerprint density at radius 2 is 2.05 bits per heavy atom. The largest absolute Gasteiger partial charge is 0.481 e. The smallest absolute Gasteiger partial charge is 0.304 e. The topological polar surface area (TPSA) is 43.8 Å². The Balaban J connectivity index is 1.88. The van der Waals surface area contributed by atoms with Crippen LogP contribution in [0.4, 0.5) is 0 Å². The van der Waals surface area contributed by atoms with E-state index in [0.29, 0.717) is 12.6 Å². The third kappa shape index (κ3) is 4.32. The molecule has 1 aromatic carbocycles. The molecule has 0 bridgehead atoms. The van der Waals surface area contributed by atoms with Crippen molar-refractivity contribution in [3.63, 3.8) is 0 Å². The van der Waals surface area contributed by atoms with Gasteiger partial charge in [-0.15, -0.1) is 0 Å². The maximum absolute atomic E-state index is 10.7. The quantitative estimate of drug-likeness (QED) is 0.863. The summed E-state index contributed by atoms with van der Waals surface area (Å²) in [7, 11) is 0. The Morgan fingerprint density at radius 3 is 2.70 bits per heavy atom. The van der Waals surface area contributed by atoms with Crippen LogP contribution in [0.5, 0.6) is 0 Å². The summed E-state index contributed by atoms with van der Waals surface area (Å²) < 4.78 is 0. The van der Waals surface area contributed by atoms with Crippen molar-refractivity contribution >= 4 is 5.97 Å². The Kier molecular flexibility index (Phi) is 5.56. The van der Waals surface area contributed by atoms with Crippen LogP contribution in [0.2, 0.25) is 0 Å². The highest BCUT2D eigenvalue weighted by atomic mass is 16.4. The van der Waals surface area contributed by atoms with Gasteiger partial charge in [0.05, 0.1) is 6.42 Å². The summed E-state index contributed by atoms with van der Waals surface area (Å²) in [4.78, 5) is 15.5. The van der Waals surface area contributed by atoms with Gasteiger partial charge in [0, 0.05) is 38.8 Å². The van der Waals surface area contributed by atoms with E-state index in [1.807, 2.05) is 6.07 Å². The Bertz CT molecular complexity index is 422. The molecule has 4 nitrogen and oxygen atoms in total. The Hall–Kier alpha value is -1.39. The molecule has 0 spiro atoms. The van der Waals surface area contributed by atoms with E-state index >= 15 is 0 Å². The van der Waals surface area contributed by atoms with Crippen LogP contribution < -0.4 is 0 Å². The summed E-state index contributed by atoms with van der Waals surface area (Å²) in [6, 6.07) is 11.1. The van der Waals surface area contributed by atoms with Gasteiger partial charge in [0.25, 0.3) is 0 Å². The van der Waals surface area contributed by atoms with Crippen molar-refractivity contribution in [2.45, 2.75) is 32.4 Å². The van der Waals surface area contributed by atoms with Gasteiger partial charge >= 0.3 is 5.97 Å². The Morgan fingerprint density at radius 1 is 1.30 bits per heavy atom. The second-order valence-corrected chi connectivity index (χ2v) is 5.46. The van der Waals surface area contributed by atoms with Gasteiger partial charge in [-0.1, -0.05) is 37.3 Å². The maximum atomic E-state index is 10.7. The van der Waals surface area contributed by atoms with Gasteiger partial charge in [-0.2, -0.15) is 0 Å². The average Bonchev–Trinajstić information content (AvgIpc) is 2.47. The number of hydrogen-bond acceptors (Lipinski definition) is 3. The molecule has 1 aliphatic heterocycles. The molecule has 0 aliphatic carbocycles. The van der Waals surface area contributed by atoms with Crippen LogP contribution in [-0.4, -0.2) is 53.1 Å². The van der Waals surface area contributed by atoms with Crippen molar-refractivity contribution in [2.75, 3.05) is 26.2 Å². The molecule has 0 aromatic heterocycles. The normalized spacial score (nSPS) is 20.9. The van der Waals surface area contributed by atoms with Crippen LogP contribution in [0, 0.1) is 0 Å². The summed E-state index contributed by atoms with van der Waals surface area (Å²) in [5.41, 5.74) is 1.35. The highest BCUT2D eigenvalue weighted by molar-refractivity contribution is 5.66. The number of carbonyl (C=O) groups is 1. The van der Waals surface area contributed by atoms with Crippen LogP contribution in [0.3, 0.4) is 0 Å². The zero-order valence-electron chi connectivity index (χ0n) is 12.2. The van der Waals surface area contributed by atoms with E-state index in [-0.39, 0.29) is 6.42 Å². The van der Waals surface area contributed by atoms with E-state index in [4.69, 9.17) is 5.11 Å². The van der Waals surface area contributed by atoms with Crippen LogP contribution >= 0.6 is 0 Å². The maximum Gasteiger partial charge on any atom is 0.304 e. The molecular formula is C16H24N2O2. The van der Waals surface area contributed by atoms with Crippen molar-refractivity contribution in [1.82, 2.24) is 9.80 Å².